The van der Waals surface area contributed by atoms with Gasteiger partial charge in [-0.3, -0.25) is 0 Å². The lowest BCUT2D eigenvalue weighted by Crippen LogP contribution is -2.07. The Balaban J connectivity index is 2.18. The fraction of sp³-hybridized carbons (Fsp3) is 0.444. The Bertz CT molecular complexity index is 590. The SMILES string of the molecule is Cc1ccc(C)c(CC(Cl)c2ccc(C(C)(C)C)s2)c1. The van der Waals surface area contributed by atoms with Crippen LogP contribution in [0.2, 0.25) is 0 Å². The van der Waals surface area contributed by atoms with Gasteiger partial charge >= 0.3 is 0 Å². The Kier molecular flexibility index (Phi) is 4.61. The van der Waals surface area contributed by atoms with Gasteiger partial charge in [-0.1, -0.05) is 44.5 Å². The molecule has 1 aromatic heterocycles. The van der Waals surface area contributed by atoms with Gasteiger partial charge in [0, 0.05) is 9.75 Å². The van der Waals surface area contributed by atoms with Gasteiger partial charge < -0.3 is 0 Å². The van der Waals surface area contributed by atoms with E-state index in [9.17, 15) is 0 Å². The quantitative estimate of drug-likeness (QED) is 0.593. The minimum absolute atomic E-state index is 0.0663. The van der Waals surface area contributed by atoms with Crippen LogP contribution >= 0.6 is 22.9 Å². The van der Waals surface area contributed by atoms with Gasteiger partial charge in [0.05, 0.1) is 5.38 Å². The molecule has 0 bridgehead atoms. The van der Waals surface area contributed by atoms with Gasteiger partial charge in [-0.05, 0) is 48.9 Å². The summed E-state index contributed by atoms with van der Waals surface area (Å²) in [7, 11) is 0. The Morgan fingerprint density at radius 3 is 2.40 bits per heavy atom. The van der Waals surface area contributed by atoms with Crippen molar-refractivity contribution in [3.05, 3.63) is 56.8 Å². The van der Waals surface area contributed by atoms with E-state index in [4.69, 9.17) is 11.6 Å². The molecule has 0 aliphatic heterocycles. The van der Waals surface area contributed by atoms with Gasteiger partial charge in [0.25, 0.3) is 0 Å². The summed E-state index contributed by atoms with van der Waals surface area (Å²) in [5, 5.41) is 0.0663. The lowest BCUT2D eigenvalue weighted by Gasteiger charge is -2.16. The second kappa shape index (κ2) is 5.91. The molecule has 1 unspecified atom stereocenters. The normalized spacial score (nSPS) is 13.5. The van der Waals surface area contributed by atoms with E-state index in [1.54, 1.807) is 0 Å². The molecule has 2 heteroatoms. The second-order valence-electron chi connectivity index (χ2n) is 6.55. The molecule has 108 valence electrons. The molecular formula is C18H23ClS. The zero-order valence-electron chi connectivity index (χ0n) is 13.0. The third-order valence-electron chi connectivity index (χ3n) is 3.58. The monoisotopic (exact) mass is 306 g/mol. The smallest absolute Gasteiger partial charge is 0.0719 e. The molecule has 0 aliphatic carbocycles. The largest absolute Gasteiger partial charge is 0.143 e. The summed E-state index contributed by atoms with van der Waals surface area (Å²) in [4.78, 5) is 2.68. The highest BCUT2D eigenvalue weighted by Crippen LogP contribution is 2.36. The zero-order chi connectivity index (χ0) is 14.9. The summed E-state index contributed by atoms with van der Waals surface area (Å²) in [5.74, 6) is 0. The first-order valence-corrected chi connectivity index (χ1v) is 8.33. The average Bonchev–Trinajstić information content (AvgIpc) is 2.83. The minimum atomic E-state index is 0.0663. The lowest BCUT2D eigenvalue weighted by molar-refractivity contribution is 0.604. The molecule has 0 radical (unpaired) electrons. The molecule has 0 saturated carbocycles. The molecule has 0 saturated heterocycles. The number of hydrogen-bond donors (Lipinski definition) is 0. The summed E-state index contributed by atoms with van der Waals surface area (Å²) in [6.45, 7) is 11.0. The van der Waals surface area contributed by atoms with Gasteiger partial charge in [0.15, 0.2) is 0 Å². The van der Waals surface area contributed by atoms with Crippen LogP contribution in [0.5, 0.6) is 0 Å². The van der Waals surface area contributed by atoms with E-state index >= 15 is 0 Å². The van der Waals surface area contributed by atoms with E-state index in [2.05, 4.69) is 65.0 Å². The molecule has 1 aromatic carbocycles. The van der Waals surface area contributed by atoms with Crippen LogP contribution in [0.1, 0.15) is 52.6 Å². The number of rotatable bonds is 3. The molecule has 0 amide bonds. The van der Waals surface area contributed by atoms with Gasteiger partial charge in [-0.25, -0.2) is 0 Å². The number of hydrogen-bond acceptors (Lipinski definition) is 1. The number of aryl methyl sites for hydroxylation is 2. The number of halogens is 1. The van der Waals surface area contributed by atoms with Crippen molar-refractivity contribution in [3.63, 3.8) is 0 Å². The van der Waals surface area contributed by atoms with Gasteiger partial charge in [-0.15, -0.1) is 22.9 Å². The summed E-state index contributed by atoms with van der Waals surface area (Å²) in [6.07, 6.45) is 0.902. The summed E-state index contributed by atoms with van der Waals surface area (Å²) in [6, 6.07) is 11.0. The molecule has 2 aromatic rings. The average molecular weight is 307 g/mol. The van der Waals surface area contributed by atoms with E-state index in [1.807, 2.05) is 11.3 Å². The second-order valence-corrected chi connectivity index (χ2v) is 8.20. The van der Waals surface area contributed by atoms with Crippen molar-refractivity contribution in [1.82, 2.24) is 0 Å². The van der Waals surface area contributed by atoms with Crippen LogP contribution in [0.3, 0.4) is 0 Å². The molecule has 1 heterocycles. The molecule has 2 rings (SSSR count). The first-order chi connectivity index (χ1) is 9.27. The molecule has 0 aliphatic rings. The highest BCUT2D eigenvalue weighted by molar-refractivity contribution is 7.12. The van der Waals surface area contributed by atoms with E-state index < -0.39 is 0 Å². The van der Waals surface area contributed by atoms with Crippen molar-refractivity contribution < 1.29 is 0 Å². The fourth-order valence-electron chi connectivity index (χ4n) is 2.24. The first kappa shape index (κ1) is 15.6. The Labute approximate surface area is 131 Å². The van der Waals surface area contributed by atoms with Crippen molar-refractivity contribution in [1.29, 1.82) is 0 Å². The van der Waals surface area contributed by atoms with Crippen LogP contribution < -0.4 is 0 Å². The minimum Gasteiger partial charge on any atom is -0.143 e. The summed E-state index contributed by atoms with van der Waals surface area (Å²) in [5.41, 5.74) is 4.19. The van der Waals surface area contributed by atoms with E-state index in [-0.39, 0.29) is 10.8 Å². The van der Waals surface area contributed by atoms with Crippen molar-refractivity contribution in [2.24, 2.45) is 0 Å². The number of alkyl halides is 1. The van der Waals surface area contributed by atoms with Crippen LogP contribution in [0.25, 0.3) is 0 Å². The maximum atomic E-state index is 6.64. The van der Waals surface area contributed by atoms with E-state index in [0.717, 1.165) is 6.42 Å². The van der Waals surface area contributed by atoms with Crippen molar-refractivity contribution in [2.45, 2.75) is 51.8 Å². The fourth-order valence-corrected chi connectivity index (χ4v) is 3.65. The number of thiophene rings is 1. The maximum Gasteiger partial charge on any atom is 0.0719 e. The molecule has 0 nitrogen and oxygen atoms in total. The molecule has 20 heavy (non-hydrogen) atoms. The lowest BCUT2D eigenvalue weighted by atomic mass is 9.95. The van der Waals surface area contributed by atoms with Crippen LogP contribution in [-0.4, -0.2) is 0 Å². The highest BCUT2D eigenvalue weighted by atomic mass is 35.5. The predicted octanol–water partition coefficient (Wildman–Crippen LogP) is 6.19. The highest BCUT2D eigenvalue weighted by Gasteiger charge is 2.19. The third kappa shape index (κ3) is 3.65. The van der Waals surface area contributed by atoms with Gasteiger partial charge in [0.1, 0.15) is 0 Å². The molecule has 0 fully saturated rings. The van der Waals surface area contributed by atoms with Crippen molar-refractivity contribution in [3.8, 4) is 0 Å². The Hall–Kier alpha value is -0.790. The first-order valence-electron chi connectivity index (χ1n) is 7.08. The summed E-state index contributed by atoms with van der Waals surface area (Å²) < 4.78 is 0. The van der Waals surface area contributed by atoms with E-state index in [0.29, 0.717) is 0 Å². The van der Waals surface area contributed by atoms with Crippen molar-refractivity contribution >= 4 is 22.9 Å². The Morgan fingerprint density at radius 2 is 1.80 bits per heavy atom. The van der Waals surface area contributed by atoms with Crippen LogP contribution in [0.4, 0.5) is 0 Å². The van der Waals surface area contributed by atoms with Crippen molar-refractivity contribution in [2.75, 3.05) is 0 Å². The van der Waals surface area contributed by atoms with Crippen LogP contribution in [0, 0.1) is 13.8 Å². The molecule has 0 N–H and O–H groups in total. The van der Waals surface area contributed by atoms with E-state index in [1.165, 1.54) is 26.4 Å². The molecular weight excluding hydrogens is 284 g/mol. The van der Waals surface area contributed by atoms with Gasteiger partial charge in [-0.2, -0.15) is 0 Å². The Morgan fingerprint density at radius 1 is 1.10 bits per heavy atom. The topological polar surface area (TPSA) is 0 Å². The summed E-state index contributed by atoms with van der Waals surface area (Å²) >= 11 is 8.48. The maximum absolute atomic E-state index is 6.64. The van der Waals surface area contributed by atoms with Gasteiger partial charge in [0.2, 0.25) is 0 Å². The third-order valence-corrected chi connectivity index (χ3v) is 5.72. The number of benzene rings is 1. The predicted molar refractivity (Wildman–Crippen MR) is 91.2 cm³/mol. The zero-order valence-corrected chi connectivity index (χ0v) is 14.5. The molecule has 1 atom stereocenters. The molecule has 0 spiro atoms. The van der Waals surface area contributed by atoms with Crippen LogP contribution in [-0.2, 0) is 11.8 Å². The van der Waals surface area contributed by atoms with Crippen LogP contribution in [0.15, 0.2) is 30.3 Å². The standard InChI is InChI=1S/C18H23ClS/c1-12-6-7-13(2)14(10-12)11-15(19)16-8-9-17(20-16)18(3,4)5/h6-10,15H,11H2,1-5H3.